The first-order chi connectivity index (χ1) is 10.6. The average molecular weight is 323 g/mol. The summed E-state index contributed by atoms with van der Waals surface area (Å²) in [5, 5.41) is 6.15. The molecule has 2 N–H and O–H groups in total. The summed E-state index contributed by atoms with van der Waals surface area (Å²) in [6.07, 6.45) is 0.250. The van der Waals surface area contributed by atoms with Gasteiger partial charge in [0.25, 0.3) is 0 Å². The number of rotatable bonds is 6. The molecule has 0 aliphatic rings. The third kappa shape index (κ3) is 4.63. The first kappa shape index (κ1) is 16.1. The predicted molar refractivity (Wildman–Crippen MR) is 86.1 cm³/mol. The molecule has 6 heteroatoms. The lowest BCUT2D eigenvalue weighted by atomic mass is 10.2. The summed E-state index contributed by atoms with van der Waals surface area (Å²) in [7, 11) is 1.53. The first-order valence-corrected chi connectivity index (χ1v) is 7.09. The lowest BCUT2D eigenvalue weighted by Gasteiger charge is -2.09. The van der Waals surface area contributed by atoms with Gasteiger partial charge in [0.2, 0.25) is 5.91 Å². The van der Waals surface area contributed by atoms with Crippen LogP contribution in [0.15, 0.2) is 42.5 Å². The van der Waals surface area contributed by atoms with Crippen LogP contribution in [0, 0.1) is 5.82 Å². The van der Waals surface area contributed by atoms with Crippen LogP contribution in [0.3, 0.4) is 0 Å². The Labute approximate surface area is 133 Å². The zero-order chi connectivity index (χ0) is 15.9. The van der Waals surface area contributed by atoms with Gasteiger partial charge in [0, 0.05) is 24.3 Å². The van der Waals surface area contributed by atoms with Gasteiger partial charge in [0.05, 0.1) is 12.1 Å². The molecule has 2 aromatic rings. The quantitative estimate of drug-likeness (QED) is 0.847. The molecule has 0 bridgehead atoms. The molecule has 0 heterocycles. The van der Waals surface area contributed by atoms with Crippen molar-refractivity contribution < 1.29 is 13.9 Å². The summed E-state index contributed by atoms with van der Waals surface area (Å²) in [5.41, 5.74) is 1.24. The Morgan fingerprint density at radius 1 is 1.23 bits per heavy atom. The Balaban J connectivity index is 1.82. The van der Waals surface area contributed by atoms with Crippen molar-refractivity contribution in [3.05, 3.63) is 53.3 Å². The van der Waals surface area contributed by atoms with Gasteiger partial charge in [-0.3, -0.25) is 4.79 Å². The number of amides is 1. The van der Waals surface area contributed by atoms with Gasteiger partial charge in [-0.1, -0.05) is 17.7 Å². The van der Waals surface area contributed by atoms with E-state index in [-0.39, 0.29) is 18.1 Å². The van der Waals surface area contributed by atoms with Crippen LogP contribution in [-0.4, -0.2) is 19.6 Å². The van der Waals surface area contributed by atoms with E-state index in [1.165, 1.54) is 19.2 Å². The van der Waals surface area contributed by atoms with Crippen molar-refractivity contribution >= 4 is 28.9 Å². The van der Waals surface area contributed by atoms with Crippen LogP contribution in [0.2, 0.25) is 5.02 Å². The van der Waals surface area contributed by atoms with Gasteiger partial charge in [-0.25, -0.2) is 4.39 Å². The van der Waals surface area contributed by atoms with Gasteiger partial charge in [0.1, 0.15) is 11.6 Å². The fourth-order valence-corrected chi connectivity index (χ4v) is 2.14. The molecule has 0 unspecified atom stereocenters. The number of carbonyl (C=O) groups is 1. The molecule has 2 aromatic carbocycles. The lowest BCUT2D eigenvalue weighted by molar-refractivity contribution is -0.115. The molecule has 2 rings (SSSR count). The largest absolute Gasteiger partial charge is 0.495 e. The van der Waals surface area contributed by atoms with Crippen molar-refractivity contribution in [3.8, 4) is 5.75 Å². The number of ether oxygens (including phenoxy) is 1. The Kier molecular flexibility index (Phi) is 5.61. The van der Waals surface area contributed by atoms with Crippen LogP contribution in [-0.2, 0) is 4.79 Å². The molecule has 1 amide bonds. The minimum atomic E-state index is -0.317. The van der Waals surface area contributed by atoms with E-state index in [1.54, 1.807) is 30.3 Å². The highest BCUT2D eigenvalue weighted by Gasteiger charge is 2.06. The number of benzene rings is 2. The second-order valence-corrected chi connectivity index (χ2v) is 4.99. The smallest absolute Gasteiger partial charge is 0.226 e. The molecule has 0 aliphatic carbocycles. The maximum Gasteiger partial charge on any atom is 0.226 e. The highest BCUT2D eigenvalue weighted by molar-refractivity contribution is 6.32. The van der Waals surface area contributed by atoms with E-state index in [0.717, 1.165) is 0 Å². The monoisotopic (exact) mass is 322 g/mol. The molecule has 22 heavy (non-hydrogen) atoms. The summed E-state index contributed by atoms with van der Waals surface area (Å²) in [4.78, 5) is 11.8. The highest BCUT2D eigenvalue weighted by Crippen LogP contribution is 2.27. The van der Waals surface area contributed by atoms with Gasteiger partial charge < -0.3 is 15.4 Å². The number of hydrogen-bond acceptors (Lipinski definition) is 3. The van der Waals surface area contributed by atoms with Gasteiger partial charge in [-0.15, -0.1) is 0 Å². The SMILES string of the molecule is COc1ccc(NC(=O)CCNc2cccc(F)c2)cc1Cl. The van der Waals surface area contributed by atoms with Crippen molar-refractivity contribution in [1.82, 2.24) is 0 Å². The van der Waals surface area contributed by atoms with E-state index >= 15 is 0 Å². The van der Waals surface area contributed by atoms with Crippen LogP contribution in [0.25, 0.3) is 0 Å². The fourth-order valence-electron chi connectivity index (χ4n) is 1.89. The van der Waals surface area contributed by atoms with Crippen molar-refractivity contribution in [2.45, 2.75) is 6.42 Å². The summed E-state index contributed by atoms with van der Waals surface area (Å²) >= 11 is 5.99. The van der Waals surface area contributed by atoms with E-state index in [4.69, 9.17) is 16.3 Å². The summed E-state index contributed by atoms with van der Waals surface area (Å²) in [6.45, 7) is 0.402. The molecule has 116 valence electrons. The van der Waals surface area contributed by atoms with Gasteiger partial charge in [0.15, 0.2) is 0 Å². The zero-order valence-corrected chi connectivity index (χ0v) is 12.8. The standard InChI is InChI=1S/C16H16ClFN2O2/c1-22-15-6-5-13(10-14(15)17)20-16(21)7-8-19-12-4-2-3-11(18)9-12/h2-6,9-10,19H,7-8H2,1H3,(H,20,21). The molecular formula is C16H16ClFN2O2. The second kappa shape index (κ2) is 7.66. The van der Waals surface area contributed by atoms with Crippen LogP contribution in [0.4, 0.5) is 15.8 Å². The molecule has 0 saturated carbocycles. The summed E-state index contributed by atoms with van der Waals surface area (Å²) < 4.78 is 18.0. The van der Waals surface area contributed by atoms with Crippen LogP contribution >= 0.6 is 11.6 Å². The summed E-state index contributed by atoms with van der Waals surface area (Å²) in [5.74, 6) is 0.0694. The van der Waals surface area contributed by atoms with Crippen molar-refractivity contribution in [2.24, 2.45) is 0 Å². The number of carbonyl (C=O) groups excluding carboxylic acids is 1. The molecule has 4 nitrogen and oxygen atoms in total. The molecule has 0 aromatic heterocycles. The third-order valence-electron chi connectivity index (χ3n) is 2.94. The van der Waals surface area contributed by atoms with Crippen LogP contribution in [0.5, 0.6) is 5.75 Å². The van der Waals surface area contributed by atoms with Crippen LogP contribution in [0.1, 0.15) is 6.42 Å². The molecule has 0 fully saturated rings. The molecule has 0 radical (unpaired) electrons. The van der Waals surface area contributed by atoms with Crippen molar-refractivity contribution in [1.29, 1.82) is 0 Å². The van der Waals surface area contributed by atoms with Crippen molar-refractivity contribution in [3.63, 3.8) is 0 Å². The third-order valence-corrected chi connectivity index (χ3v) is 3.24. The fraction of sp³-hybridized carbons (Fsp3) is 0.188. The molecule has 0 aliphatic heterocycles. The van der Waals surface area contributed by atoms with Gasteiger partial charge in [-0.2, -0.15) is 0 Å². The van der Waals surface area contributed by atoms with E-state index < -0.39 is 0 Å². The minimum Gasteiger partial charge on any atom is -0.495 e. The Morgan fingerprint density at radius 3 is 2.73 bits per heavy atom. The molecule has 0 atom stereocenters. The number of anilines is 2. The molecule has 0 spiro atoms. The van der Waals surface area contributed by atoms with E-state index in [9.17, 15) is 9.18 Å². The number of methoxy groups -OCH3 is 1. The Bertz CT molecular complexity index is 664. The minimum absolute atomic E-state index is 0.162. The number of nitrogens with one attached hydrogen (secondary N) is 2. The highest BCUT2D eigenvalue weighted by atomic mass is 35.5. The second-order valence-electron chi connectivity index (χ2n) is 4.58. The lowest BCUT2D eigenvalue weighted by Crippen LogP contribution is -2.16. The van der Waals surface area contributed by atoms with Crippen molar-refractivity contribution in [2.75, 3.05) is 24.3 Å². The predicted octanol–water partition coefficient (Wildman–Crippen LogP) is 3.93. The topological polar surface area (TPSA) is 50.4 Å². The average Bonchev–Trinajstić information content (AvgIpc) is 2.47. The van der Waals surface area contributed by atoms with Crippen LogP contribution < -0.4 is 15.4 Å². The maximum atomic E-state index is 13.0. The zero-order valence-electron chi connectivity index (χ0n) is 12.0. The van der Waals surface area contributed by atoms with Gasteiger partial charge >= 0.3 is 0 Å². The molecule has 0 saturated heterocycles. The number of halogens is 2. The molecular weight excluding hydrogens is 307 g/mol. The Morgan fingerprint density at radius 2 is 2.05 bits per heavy atom. The normalized spacial score (nSPS) is 10.1. The van der Waals surface area contributed by atoms with E-state index in [0.29, 0.717) is 28.7 Å². The van der Waals surface area contributed by atoms with Gasteiger partial charge in [-0.05, 0) is 36.4 Å². The first-order valence-electron chi connectivity index (χ1n) is 6.71. The van der Waals surface area contributed by atoms with E-state index in [2.05, 4.69) is 10.6 Å². The van der Waals surface area contributed by atoms with E-state index in [1.807, 2.05) is 0 Å². The number of hydrogen-bond donors (Lipinski definition) is 2. The maximum absolute atomic E-state index is 13.0. The Hall–Kier alpha value is -2.27. The summed E-state index contributed by atoms with van der Waals surface area (Å²) in [6, 6.07) is 11.1.